The first-order chi connectivity index (χ1) is 3.66. The molecule has 0 saturated heterocycles. The summed E-state index contributed by atoms with van der Waals surface area (Å²) in [6.45, 7) is 7.22. The van der Waals surface area contributed by atoms with E-state index in [2.05, 4.69) is 20.4 Å². The quantitative estimate of drug-likeness (QED) is 0.489. The van der Waals surface area contributed by atoms with Crippen molar-refractivity contribution in [1.29, 1.82) is 0 Å². The van der Waals surface area contributed by atoms with Gasteiger partial charge in [0, 0.05) is 16.9 Å². The lowest BCUT2D eigenvalue weighted by atomic mass is 10.3. The van der Waals surface area contributed by atoms with E-state index in [9.17, 15) is 0 Å². The molecule has 0 bridgehead atoms. The molecule has 1 unspecified atom stereocenters. The first kappa shape index (κ1) is 8.65. The lowest BCUT2D eigenvalue weighted by Gasteiger charge is -2.07. The molecule has 0 fully saturated rings. The first-order valence-corrected chi connectivity index (χ1v) is 13.8. The average molecular weight is 162 g/mol. The molecule has 50 valence electrons. The Bertz CT molecular complexity index is 53.6. The summed E-state index contributed by atoms with van der Waals surface area (Å²) in [6, 6.07) is 1.65. The maximum atomic E-state index is 2.49. The minimum atomic E-state index is 0.0386. The van der Waals surface area contributed by atoms with E-state index in [1.54, 1.807) is 15.8 Å². The Hall–Kier alpha value is 0.651. The third-order valence-corrected chi connectivity index (χ3v) is 18.7. The molecule has 0 N–H and O–H groups in total. The van der Waals surface area contributed by atoms with Crippen molar-refractivity contribution in [3.63, 3.8) is 0 Å². The highest BCUT2D eigenvalue weighted by atomic mass is 29.5. The van der Waals surface area contributed by atoms with Gasteiger partial charge in [-0.2, -0.15) is 0 Å². The highest BCUT2D eigenvalue weighted by Crippen LogP contribution is 2.01. The van der Waals surface area contributed by atoms with Crippen LogP contribution in [0.1, 0.15) is 13.8 Å². The summed E-state index contributed by atoms with van der Waals surface area (Å²) in [7, 11) is 2.12. The maximum Gasteiger partial charge on any atom is 0.00910 e. The van der Waals surface area contributed by atoms with Gasteiger partial charge in [0.15, 0.2) is 0 Å². The summed E-state index contributed by atoms with van der Waals surface area (Å²) < 4.78 is 0. The summed E-state index contributed by atoms with van der Waals surface area (Å²) in [5.74, 6) is 1.01. The van der Waals surface area contributed by atoms with E-state index < -0.39 is 0 Å². The molecule has 1 atom stereocenters. The molecular weight excluding hydrogens is 144 g/mol. The third-order valence-electron chi connectivity index (χ3n) is 1.57. The van der Waals surface area contributed by atoms with Crippen molar-refractivity contribution in [2.45, 2.75) is 26.4 Å². The van der Waals surface area contributed by atoms with Crippen LogP contribution in [-0.4, -0.2) is 26.6 Å². The van der Waals surface area contributed by atoms with Crippen molar-refractivity contribution in [2.75, 3.05) is 0 Å². The molecule has 0 aliphatic rings. The van der Waals surface area contributed by atoms with Crippen molar-refractivity contribution in [3.8, 4) is 0 Å². The van der Waals surface area contributed by atoms with Crippen LogP contribution in [0.3, 0.4) is 0 Å². The summed E-state index contributed by atoms with van der Waals surface area (Å²) in [6.07, 6.45) is 0. The minimum absolute atomic E-state index is 0.0386. The fourth-order valence-electron chi connectivity index (χ4n) is 0.971. The predicted molar refractivity (Wildman–Crippen MR) is 51.1 cm³/mol. The lowest BCUT2D eigenvalue weighted by Crippen LogP contribution is -2.22. The highest BCUT2D eigenvalue weighted by molar-refractivity contribution is 7.34. The molecule has 0 aromatic heterocycles. The van der Waals surface area contributed by atoms with Crippen molar-refractivity contribution in [2.24, 2.45) is 5.92 Å². The Morgan fingerprint density at radius 1 is 1.62 bits per heavy atom. The smallest absolute Gasteiger partial charge is 0.00910 e. The van der Waals surface area contributed by atoms with Crippen molar-refractivity contribution < 1.29 is 0 Å². The van der Waals surface area contributed by atoms with Crippen LogP contribution in [0.25, 0.3) is 0 Å². The summed E-state index contributed by atoms with van der Waals surface area (Å²) >= 11 is 0. The van der Waals surface area contributed by atoms with Gasteiger partial charge in [0.1, 0.15) is 0 Å². The van der Waals surface area contributed by atoms with Gasteiger partial charge < -0.3 is 0 Å². The second-order valence-corrected chi connectivity index (χ2v) is 23.1. The van der Waals surface area contributed by atoms with E-state index in [0.717, 1.165) is 5.92 Å². The Balaban J connectivity index is 3.10. The van der Waals surface area contributed by atoms with Crippen LogP contribution in [0.15, 0.2) is 0 Å². The monoisotopic (exact) mass is 162 g/mol. The molecule has 0 aliphatic heterocycles. The minimum Gasteiger partial charge on any atom is -0.0771 e. The maximum absolute atomic E-state index is 2.49. The molecule has 0 aliphatic carbocycles. The molecular formula is C5H18Si3. The highest BCUT2D eigenvalue weighted by Gasteiger charge is 2.02. The second kappa shape index (κ2) is 4.52. The molecule has 8 heavy (non-hydrogen) atoms. The summed E-state index contributed by atoms with van der Waals surface area (Å²) in [4.78, 5) is 0. The van der Waals surface area contributed by atoms with E-state index in [0.29, 0.717) is 9.04 Å². The largest absolute Gasteiger partial charge is 0.0771 e. The number of rotatable bonds is 3. The van der Waals surface area contributed by atoms with Crippen LogP contribution in [0.4, 0.5) is 0 Å². The molecule has 0 aromatic rings. The van der Waals surface area contributed by atoms with Gasteiger partial charge in [-0.25, -0.2) is 0 Å². The fraction of sp³-hybridized carbons (Fsp3) is 1.00. The van der Waals surface area contributed by atoms with E-state index in [1.165, 1.54) is 0 Å². The summed E-state index contributed by atoms with van der Waals surface area (Å²) in [5, 5.41) is 0. The van der Waals surface area contributed by atoms with Gasteiger partial charge in [-0.15, -0.1) is 0 Å². The van der Waals surface area contributed by atoms with Gasteiger partial charge in [-0.3, -0.25) is 0 Å². The zero-order chi connectivity index (χ0) is 6.57. The molecule has 0 nitrogen and oxygen atoms in total. The molecule has 0 aromatic carbocycles. The van der Waals surface area contributed by atoms with Gasteiger partial charge >= 0.3 is 0 Å². The number of hydrogen-bond acceptors (Lipinski definition) is 0. The van der Waals surface area contributed by atoms with Crippen LogP contribution in [-0.2, 0) is 0 Å². The predicted octanol–water partition coefficient (Wildman–Crippen LogP) is -0.555. The SMILES string of the molecule is C[SiH2][SiH]([SiH3])CC(C)C. The van der Waals surface area contributed by atoms with Gasteiger partial charge in [-0.05, 0) is 9.76 Å². The first-order valence-electron chi connectivity index (χ1n) is 3.66. The Labute approximate surface area is 59.5 Å². The normalized spacial score (nSPS) is 16.5. The Kier molecular flexibility index (Phi) is 4.89. The molecule has 3 heteroatoms. The van der Waals surface area contributed by atoms with Gasteiger partial charge in [0.05, 0.1) is 0 Å². The molecule has 0 radical (unpaired) electrons. The molecule has 0 saturated carbocycles. The van der Waals surface area contributed by atoms with Crippen LogP contribution in [0, 0.1) is 5.92 Å². The van der Waals surface area contributed by atoms with Crippen LogP contribution in [0.5, 0.6) is 0 Å². The summed E-state index contributed by atoms with van der Waals surface area (Å²) in [5.41, 5.74) is 0. The van der Waals surface area contributed by atoms with E-state index in [1.807, 2.05) is 0 Å². The zero-order valence-electron chi connectivity index (χ0n) is 6.57. The van der Waals surface area contributed by atoms with E-state index in [-0.39, 0.29) is 7.83 Å². The Morgan fingerprint density at radius 2 is 2.12 bits per heavy atom. The van der Waals surface area contributed by atoms with Crippen LogP contribution >= 0.6 is 0 Å². The molecule has 0 rings (SSSR count). The van der Waals surface area contributed by atoms with E-state index in [4.69, 9.17) is 0 Å². The van der Waals surface area contributed by atoms with Crippen molar-refractivity contribution in [3.05, 3.63) is 0 Å². The molecule has 0 heterocycles. The van der Waals surface area contributed by atoms with Crippen LogP contribution in [0.2, 0.25) is 12.6 Å². The van der Waals surface area contributed by atoms with Crippen LogP contribution < -0.4 is 0 Å². The van der Waals surface area contributed by atoms with Gasteiger partial charge in [-0.1, -0.05) is 32.4 Å². The third kappa shape index (κ3) is 4.80. The molecule has 0 amide bonds. The number of hydrogen-bond donors (Lipinski definition) is 0. The topological polar surface area (TPSA) is 0 Å². The second-order valence-electron chi connectivity index (χ2n) is 3.14. The van der Waals surface area contributed by atoms with Gasteiger partial charge in [0.25, 0.3) is 0 Å². The zero-order valence-corrected chi connectivity index (χ0v) is 11.1. The molecule has 0 spiro atoms. The van der Waals surface area contributed by atoms with Crippen molar-refractivity contribution >= 4 is 26.6 Å². The average Bonchev–Trinajstić information content (AvgIpc) is 1.65. The van der Waals surface area contributed by atoms with Gasteiger partial charge in [0.2, 0.25) is 0 Å². The van der Waals surface area contributed by atoms with E-state index >= 15 is 0 Å². The fourth-order valence-corrected chi connectivity index (χ4v) is 8.74. The van der Waals surface area contributed by atoms with Crippen molar-refractivity contribution in [1.82, 2.24) is 0 Å². The standard InChI is InChI=1S/C5H18Si3/c1-5(2)4-8(6)7-3/h5,8H,4,7H2,1-3,6H3. The lowest BCUT2D eigenvalue weighted by molar-refractivity contribution is 0.732. The Morgan fingerprint density at radius 3 is 2.25 bits per heavy atom.